The van der Waals surface area contributed by atoms with Crippen LogP contribution >= 0.6 is 0 Å². The molecule has 2 atom stereocenters. The third kappa shape index (κ3) is 5.46. The van der Waals surface area contributed by atoms with E-state index in [2.05, 4.69) is 23.9 Å². The number of ether oxygens (including phenoxy) is 1. The topological polar surface area (TPSA) is 106 Å². The lowest BCUT2D eigenvalue weighted by Gasteiger charge is -2.51. The van der Waals surface area contributed by atoms with Gasteiger partial charge in [0.15, 0.2) is 0 Å². The maximum Gasteiger partial charge on any atom is 0.387 e. The first-order valence-electron chi connectivity index (χ1n) is 12.3. The number of likely N-dealkylation sites (tertiary alicyclic amines) is 2. The SMILES string of the molecule is CC(=N)/C(=C\NCc1ccc(F)cc1OC(F)F)C(=O)N1C[C@@H](CO)C2(C1)CN(C(=O)C1CC1(C)C)C2. The van der Waals surface area contributed by atoms with Crippen LogP contribution < -0.4 is 10.1 Å². The second-order valence-corrected chi connectivity index (χ2v) is 11.1. The van der Waals surface area contributed by atoms with E-state index in [0.717, 1.165) is 18.6 Å². The highest BCUT2D eigenvalue weighted by molar-refractivity contribution is 6.19. The first kappa shape index (κ1) is 27.0. The van der Waals surface area contributed by atoms with Crippen molar-refractivity contribution in [2.75, 3.05) is 32.8 Å². The van der Waals surface area contributed by atoms with Gasteiger partial charge in [-0.15, -0.1) is 0 Å². The fourth-order valence-corrected chi connectivity index (χ4v) is 5.42. The van der Waals surface area contributed by atoms with Crippen LogP contribution in [0.4, 0.5) is 13.2 Å². The van der Waals surface area contributed by atoms with Gasteiger partial charge >= 0.3 is 6.61 Å². The summed E-state index contributed by atoms with van der Waals surface area (Å²) in [4.78, 5) is 29.5. The van der Waals surface area contributed by atoms with Crippen LogP contribution in [0.1, 0.15) is 32.8 Å². The second-order valence-electron chi connectivity index (χ2n) is 11.1. The molecule has 4 rings (SSSR count). The number of nitrogens with zero attached hydrogens (tertiary/aromatic N) is 2. The Kier molecular flexibility index (Phi) is 7.29. The third-order valence-electron chi connectivity index (χ3n) is 7.87. The molecule has 1 unspecified atom stereocenters. The van der Waals surface area contributed by atoms with E-state index in [1.165, 1.54) is 19.2 Å². The minimum atomic E-state index is -3.12. The number of halogens is 3. The minimum Gasteiger partial charge on any atom is -0.434 e. The molecule has 8 nitrogen and oxygen atoms in total. The average Bonchev–Trinajstić information content (AvgIpc) is 3.25. The van der Waals surface area contributed by atoms with E-state index in [1.807, 2.05) is 4.90 Å². The molecule has 1 spiro atoms. The van der Waals surface area contributed by atoms with Gasteiger partial charge in [-0.2, -0.15) is 8.78 Å². The van der Waals surface area contributed by atoms with Crippen LogP contribution in [0.15, 0.2) is 30.0 Å². The molecule has 2 amide bonds. The van der Waals surface area contributed by atoms with E-state index in [-0.39, 0.29) is 64.3 Å². The number of aliphatic hydroxyl groups excluding tert-OH is 1. The normalized spacial score (nSPS) is 23.7. The van der Waals surface area contributed by atoms with Crippen LogP contribution in [-0.4, -0.2) is 71.8 Å². The van der Waals surface area contributed by atoms with Crippen molar-refractivity contribution in [3.8, 4) is 5.75 Å². The van der Waals surface area contributed by atoms with Crippen molar-refractivity contribution in [1.29, 1.82) is 5.41 Å². The van der Waals surface area contributed by atoms with E-state index in [0.29, 0.717) is 26.2 Å². The molecule has 1 aromatic rings. The zero-order chi connectivity index (χ0) is 27.1. The highest BCUT2D eigenvalue weighted by Gasteiger charge is 2.60. The molecule has 11 heteroatoms. The first-order chi connectivity index (χ1) is 17.4. The summed E-state index contributed by atoms with van der Waals surface area (Å²) in [5.74, 6) is -1.45. The Balaban J connectivity index is 1.41. The third-order valence-corrected chi connectivity index (χ3v) is 7.87. The summed E-state index contributed by atoms with van der Waals surface area (Å²) >= 11 is 0. The highest BCUT2D eigenvalue weighted by atomic mass is 19.3. The molecule has 37 heavy (non-hydrogen) atoms. The number of nitrogens with one attached hydrogen (secondary N) is 2. The van der Waals surface area contributed by atoms with Gasteiger partial charge in [-0.1, -0.05) is 19.9 Å². The smallest absolute Gasteiger partial charge is 0.387 e. The highest BCUT2D eigenvalue weighted by Crippen LogP contribution is 2.54. The molecule has 3 fully saturated rings. The molecule has 0 radical (unpaired) electrons. The monoisotopic (exact) mass is 522 g/mol. The number of amides is 2. The number of hydrogen-bond donors (Lipinski definition) is 3. The van der Waals surface area contributed by atoms with Crippen molar-refractivity contribution in [3.05, 3.63) is 41.4 Å². The molecule has 0 bridgehead atoms. The van der Waals surface area contributed by atoms with Crippen LogP contribution in [0, 0.1) is 33.9 Å². The fraction of sp³-hybridized carbons (Fsp3) is 0.577. The van der Waals surface area contributed by atoms with E-state index < -0.39 is 18.3 Å². The van der Waals surface area contributed by atoms with Crippen LogP contribution in [0.25, 0.3) is 0 Å². The van der Waals surface area contributed by atoms with Gasteiger partial charge in [0, 0.05) is 80.1 Å². The first-order valence-corrected chi connectivity index (χ1v) is 12.3. The molecular weight excluding hydrogens is 489 g/mol. The van der Waals surface area contributed by atoms with Gasteiger partial charge in [0.2, 0.25) is 5.91 Å². The molecule has 0 aromatic heterocycles. The summed E-state index contributed by atoms with van der Waals surface area (Å²) in [5, 5.41) is 21.0. The Bertz CT molecular complexity index is 1120. The second kappa shape index (κ2) is 10.00. The van der Waals surface area contributed by atoms with Crippen molar-refractivity contribution in [3.63, 3.8) is 0 Å². The van der Waals surface area contributed by atoms with Gasteiger partial charge in [0.05, 0.1) is 5.57 Å². The predicted molar refractivity (Wildman–Crippen MR) is 129 cm³/mol. The molecule has 2 heterocycles. The summed E-state index contributed by atoms with van der Waals surface area (Å²) in [6.07, 6.45) is 2.21. The zero-order valence-electron chi connectivity index (χ0n) is 21.2. The number of carbonyl (C=O) groups is 2. The molecule has 1 aromatic carbocycles. The largest absolute Gasteiger partial charge is 0.434 e. The van der Waals surface area contributed by atoms with Crippen LogP contribution in [0.2, 0.25) is 0 Å². The van der Waals surface area contributed by atoms with Gasteiger partial charge < -0.3 is 30.4 Å². The zero-order valence-corrected chi connectivity index (χ0v) is 21.2. The van der Waals surface area contributed by atoms with Crippen molar-refractivity contribution in [2.45, 2.75) is 40.3 Å². The molecule has 202 valence electrons. The van der Waals surface area contributed by atoms with Crippen LogP contribution in [0.5, 0.6) is 5.75 Å². The number of hydrogen-bond acceptors (Lipinski definition) is 6. The molecule has 1 aliphatic carbocycles. The molecule has 2 aliphatic heterocycles. The minimum absolute atomic E-state index is 0.00328. The lowest BCUT2D eigenvalue weighted by atomic mass is 9.71. The summed E-state index contributed by atoms with van der Waals surface area (Å²) in [6.45, 7) is 3.99. The predicted octanol–water partition coefficient (Wildman–Crippen LogP) is 2.77. The van der Waals surface area contributed by atoms with E-state index in [4.69, 9.17) is 5.41 Å². The van der Waals surface area contributed by atoms with Gasteiger partial charge in [-0.25, -0.2) is 4.39 Å². The molecular formula is C26H33F3N4O4. The summed E-state index contributed by atoms with van der Waals surface area (Å²) in [7, 11) is 0. The molecule has 3 aliphatic rings. The maximum atomic E-state index is 13.5. The summed E-state index contributed by atoms with van der Waals surface area (Å²) in [5.41, 5.74) is -0.000419. The molecule has 3 N–H and O–H groups in total. The Morgan fingerprint density at radius 1 is 1.27 bits per heavy atom. The van der Waals surface area contributed by atoms with E-state index in [1.54, 1.807) is 4.90 Å². The number of carbonyl (C=O) groups excluding carboxylic acids is 2. The Hall–Kier alpha value is -3.08. The quantitative estimate of drug-likeness (QED) is 0.342. The van der Waals surface area contributed by atoms with Crippen molar-refractivity contribution in [2.24, 2.45) is 22.7 Å². The van der Waals surface area contributed by atoms with Gasteiger partial charge in [-0.3, -0.25) is 9.59 Å². The fourth-order valence-electron chi connectivity index (χ4n) is 5.42. The lowest BCUT2D eigenvalue weighted by Crippen LogP contribution is -2.63. The Labute approximate surface area is 214 Å². The molecule has 2 saturated heterocycles. The maximum absolute atomic E-state index is 13.5. The van der Waals surface area contributed by atoms with Crippen LogP contribution in [0.3, 0.4) is 0 Å². The average molecular weight is 523 g/mol. The van der Waals surface area contributed by atoms with Gasteiger partial charge in [0.1, 0.15) is 11.6 Å². The van der Waals surface area contributed by atoms with E-state index >= 15 is 0 Å². The number of alkyl halides is 2. The van der Waals surface area contributed by atoms with Crippen molar-refractivity contribution in [1.82, 2.24) is 15.1 Å². The van der Waals surface area contributed by atoms with E-state index in [9.17, 15) is 27.9 Å². The summed E-state index contributed by atoms with van der Waals surface area (Å²) in [6, 6.07) is 3.27. The Morgan fingerprint density at radius 2 is 1.92 bits per heavy atom. The standard InChI is InChI=1S/C26H33F3N4O4/c1-15(30)19(9-31-8-16-4-5-18(27)6-21(16)37-24(28)29)22(35)32-10-17(11-34)26(12-32)13-33(14-26)23(36)20-7-25(20,2)3/h4-6,9,17,20,24,30-31,34H,7-8,10-14H2,1-3H3/b19-9+,30-15?/t17-,20?/m0/s1. The number of benzene rings is 1. The summed E-state index contributed by atoms with van der Waals surface area (Å²) < 4.78 is 43.2. The van der Waals surface area contributed by atoms with Gasteiger partial charge in [-0.05, 0) is 24.8 Å². The van der Waals surface area contributed by atoms with Crippen LogP contribution in [-0.2, 0) is 16.1 Å². The number of rotatable bonds is 9. The lowest BCUT2D eigenvalue weighted by molar-refractivity contribution is -0.148. The van der Waals surface area contributed by atoms with Gasteiger partial charge in [0.25, 0.3) is 5.91 Å². The number of aliphatic hydroxyl groups is 1. The molecule has 1 saturated carbocycles. The Morgan fingerprint density at radius 3 is 2.49 bits per heavy atom. The van der Waals surface area contributed by atoms with Crippen molar-refractivity contribution < 1.29 is 32.6 Å². The van der Waals surface area contributed by atoms with Crippen molar-refractivity contribution >= 4 is 17.5 Å².